The number of nitrogens with two attached hydrogens (primary N) is 1. The number of amides is 1. The first-order valence-electron chi connectivity index (χ1n) is 5.77. The van der Waals surface area contributed by atoms with Crippen LogP contribution in [0.25, 0.3) is 0 Å². The zero-order chi connectivity index (χ0) is 12.8. The van der Waals surface area contributed by atoms with Gasteiger partial charge in [0.15, 0.2) is 0 Å². The van der Waals surface area contributed by atoms with Gasteiger partial charge in [-0.2, -0.15) is 0 Å². The average molecular weight is 236 g/mol. The van der Waals surface area contributed by atoms with E-state index in [0.717, 1.165) is 11.3 Å². The molecule has 0 aliphatic heterocycles. The van der Waals surface area contributed by atoms with E-state index < -0.39 is 6.10 Å². The number of nitrogens with zero attached hydrogens (tertiary/aromatic N) is 1. The third-order valence-corrected chi connectivity index (χ3v) is 2.77. The van der Waals surface area contributed by atoms with Crippen LogP contribution in [0.3, 0.4) is 0 Å². The molecule has 0 bridgehead atoms. The van der Waals surface area contributed by atoms with Crippen molar-refractivity contribution in [3.05, 3.63) is 29.8 Å². The normalized spacial score (nSPS) is 12.2. The van der Waals surface area contributed by atoms with E-state index in [9.17, 15) is 4.79 Å². The molecule has 2 N–H and O–H groups in total. The second kappa shape index (κ2) is 6.37. The highest BCUT2D eigenvalue weighted by Gasteiger charge is 2.19. The van der Waals surface area contributed by atoms with E-state index in [4.69, 9.17) is 10.5 Å². The predicted octanol–water partition coefficient (Wildman–Crippen LogP) is 1.53. The standard InChI is InChI=1S/C13H20N2O2/c1-4-15(13(16)10(2)17-3)12-7-5-11(9-14)6-8-12/h5-8,10H,4,9,14H2,1-3H3. The number of methoxy groups -OCH3 is 1. The highest BCUT2D eigenvalue weighted by Crippen LogP contribution is 2.16. The Kier molecular flexibility index (Phi) is 5.12. The molecule has 0 aliphatic rings. The van der Waals surface area contributed by atoms with E-state index in [1.807, 2.05) is 31.2 Å². The Labute approximate surface area is 102 Å². The molecule has 4 heteroatoms. The number of anilines is 1. The number of hydrogen-bond acceptors (Lipinski definition) is 3. The molecule has 1 amide bonds. The van der Waals surface area contributed by atoms with Crippen LogP contribution in [-0.2, 0) is 16.1 Å². The highest BCUT2D eigenvalue weighted by atomic mass is 16.5. The first kappa shape index (κ1) is 13.7. The number of hydrogen-bond donors (Lipinski definition) is 1. The van der Waals surface area contributed by atoms with E-state index >= 15 is 0 Å². The summed E-state index contributed by atoms with van der Waals surface area (Å²) in [6.45, 7) is 4.82. The first-order valence-corrected chi connectivity index (χ1v) is 5.77. The number of carbonyl (C=O) groups excluding carboxylic acids is 1. The van der Waals surface area contributed by atoms with E-state index in [2.05, 4.69) is 0 Å². The van der Waals surface area contributed by atoms with Crippen LogP contribution in [0.4, 0.5) is 5.69 Å². The van der Waals surface area contributed by atoms with Gasteiger partial charge in [-0.25, -0.2) is 0 Å². The zero-order valence-corrected chi connectivity index (χ0v) is 10.6. The van der Waals surface area contributed by atoms with Crippen molar-refractivity contribution >= 4 is 11.6 Å². The molecule has 0 aromatic heterocycles. The SMILES string of the molecule is CCN(C(=O)C(C)OC)c1ccc(CN)cc1. The van der Waals surface area contributed by atoms with Gasteiger partial charge in [0.2, 0.25) is 0 Å². The summed E-state index contributed by atoms with van der Waals surface area (Å²) >= 11 is 0. The molecule has 17 heavy (non-hydrogen) atoms. The molecule has 1 rings (SSSR count). The minimum atomic E-state index is -0.427. The number of likely N-dealkylation sites (N-methyl/N-ethyl adjacent to an activating group) is 1. The molecule has 1 aromatic carbocycles. The maximum absolute atomic E-state index is 12.0. The van der Waals surface area contributed by atoms with Gasteiger partial charge in [-0.05, 0) is 31.5 Å². The summed E-state index contributed by atoms with van der Waals surface area (Å²) in [6, 6.07) is 7.68. The Bertz CT molecular complexity index is 362. The fraction of sp³-hybridized carbons (Fsp3) is 0.462. The average Bonchev–Trinajstić information content (AvgIpc) is 2.39. The van der Waals surface area contributed by atoms with Crippen LogP contribution in [0.1, 0.15) is 19.4 Å². The minimum absolute atomic E-state index is 0.0319. The Balaban J connectivity index is 2.89. The molecule has 1 aromatic rings. The van der Waals surface area contributed by atoms with Crippen LogP contribution in [0.15, 0.2) is 24.3 Å². The van der Waals surface area contributed by atoms with Crippen molar-refractivity contribution in [1.29, 1.82) is 0 Å². The molecule has 0 saturated heterocycles. The molecule has 0 saturated carbocycles. The Hall–Kier alpha value is -1.39. The third-order valence-electron chi connectivity index (χ3n) is 2.77. The van der Waals surface area contributed by atoms with E-state index in [1.54, 1.807) is 11.8 Å². The number of ether oxygens (including phenoxy) is 1. The van der Waals surface area contributed by atoms with Gasteiger partial charge in [-0.15, -0.1) is 0 Å². The first-order chi connectivity index (χ1) is 8.13. The molecular formula is C13H20N2O2. The molecule has 0 aliphatic carbocycles. The maximum atomic E-state index is 12.0. The van der Waals surface area contributed by atoms with Crippen molar-refractivity contribution < 1.29 is 9.53 Å². The van der Waals surface area contributed by atoms with Crippen LogP contribution in [0.2, 0.25) is 0 Å². The molecule has 0 fully saturated rings. The monoisotopic (exact) mass is 236 g/mol. The van der Waals surface area contributed by atoms with Crippen LogP contribution >= 0.6 is 0 Å². The Morgan fingerprint density at radius 3 is 2.41 bits per heavy atom. The topological polar surface area (TPSA) is 55.6 Å². The summed E-state index contributed by atoms with van der Waals surface area (Å²) in [5.41, 5.74) is 7.46. The fourth-order valence-electron chi connectivity index (χ4n) is 1.60. The van der Waals surface area contributed by atoms with Gasteiger partial charge >= 0.3 is 0 Å². The summed E-state index contributed by atoms with van der Waals surface area (Å²) in [5, 5.41) is 0. The molecule has 0 radical (unpaired) electrons. The van der Waals surface area contributed by atoms with Gasteiger partial charge < -0.3 is 15.4 Å². The van der Waals surface area contributed by atoms with Gasteiger partial charge in [-0.1, -0.05) is 12.1 Å². The van der Waals surface area contributed by atoms with Crippen molar-refractivity contribution in [2.75, 3.05) is 18.6 Å². The van der Waals surface area contributed by atoms with E-state index in [-0.39, 0.29) is 5.91 Å². The summed E-state index contributed by atoms with van der Waals surface area (Å²) < 4.78 is 5.05. The Morgan fingerprint density at radius 2 is 2.00 bits per heavy atom. The second-order valence-electron chi connectivity index (χ2n) is 3.83. The van der Waals surface area contributed by atoms with Crippen molar-refractivity contribution in [2.45, 2.75) is 26.5 Å². The molecule has 0 spiro atoms. The second-order valence-corrected chi connectivity index (χ2v) is 3.83. The van der Waals surface area contributed by atoms with Crippen LogP contribution in [0, 0.1) is 0 Å². The Morgan fingerprint density at radius 1 is 1.41 bits per heavy atom. The number of rotatable bonds is 5. The highest BCUT2D eigenvalue weighted by molar-refractivity contribution is 5.96. The van der Waals surface area contributed by atoms with Crippen molar-refractivity contribution in [1.82, 2.24) is 0 Å². The lowest BCUT2D eigenvalue weighted by molar-refractivity contribution is -0.127. The number of benzene rings is 1. The molecule has 1 unspecified atom stereocenters. The largest absolute Gasteiger partial charge is 0.372 e. The predicted molar refractivity (Wildman–Crippen MR) is 68.8 cm³/mol. The lowest BCUT2D eigenvalue weighted by Gasteiger charge is -2.24. The van der Waals surface area contributed by atoms with Gasteiger partial charge in [0, 0.05) is 25.9 Å². The molecular weight excluding hydrogens is 216 g/mol. The summed E-state index contributed by atoms with van der Waals surface area (Å²) in [4.78, 5) is 13.7. The zero-order valence-electron chi connectivity index (χ0n) is 10.6. The summed E-state index contributed by atoms with van der Waals surface area (Å²) in [5.74, 6) is -0.0319. The van der Waals surface area contributed by atoms with Crippen LogP contribution < -0.4 is 10.6 Å². The molecule has 0 heterocycles. The van der Waals surface area contributed by atoms with Crippen molar-refractivity contribution in [3.8, 4) is 0 Å². The fourth-order valence-corrected chi connectivity index (χ4v) is 1.60. The van der Waals surface area contributed by atoms with E-state index in [1.165, 1.54) is 7.11 Å². The number of carbonyl (C=O) groups is 1. The molecule has 4 nitrogen and oxygen atoms in total. The van der Waals surface area contributed by atoms with Gasteiger partial charge in [0.1, 0.15) is 6.10 Å². The summed E-state index contributed by atoms with van der Waals surface area (Å²) in [7, 11) is 1.54. The summed E-state index contributed by atoms with van der Waals surface area (Å²) in [6.07, 6.45) is -0.427. The van der Waals surface area contributed by atoms with Gasteiger partial charge in [-0.3, -0.25) is 4.79 Å². The van der Waals surface area contributed by atoms with Gasteiger partial charge in [0.05, 0.1) is 0 Å². The minimum Gasteiger partial charge on any atom is -0.372 e. The van der Waals surface area contributed by atoms with E-state index in [0.29, 0.717) is 13.1 Å². The lowest BCUT2D eigenvalue weighted by atomic mass is 10.2. The third kappa shape index (κ3) is 3.28. The smallest absolute Gasteiger partial charge is 0.255 e. The molecule has 1 atom stereocenters. The lowest BCUT2D eigenvalue weighted by Crippen LogP contribution is -2.38. The quantitative estimate of drug-likeness (QED) is 0.843. The maximum Gasteiger partial charge on any atom is 0.255 e. The van der Waals surface area contributed by atoms with Crippen molar-refractivity contribution in [2.24, 2.45) is 5.73 Å². The van der Waals surface area contributed by atoms with Crippen LogP contribution in [-0.4, -0.2) is 25.7 Å². The van der Waals surface area contributed by atoms with Crippen molar-refractivity contribution in [3.63, 3.8) is 0 Å². The van der Waals surface area contributed by atoms with Gasteiger partial charge in [0.25, 0.3) is 5.91 Å². The van der Waals surface area contributed by atoms with Crippen LogP contribution in [0.5, 0.6) is 0 Å². The molecule has 94 valence electrons.